The molecule has 0 aromatic carbocycles. The lowest BCUT2D eigenvalue weighted by Gasteiger charge is -2.60. The summed E-state index contributed by atoms with van der Waals surface area (Å²) in [7, 11) is 0. The van der Waals surface area contributed by atoms with Crippen molar-refractivity contribution in [2.75, 3.05) is 6.61 Å². The normalized spacial score (nSPS) is 37.5. The van der Waals surface area contributed by atoms with Crippen LogP contribution in [0.15, 0.2) is 11.6 Å². The Hall–Kier alpha value is -2.59. The highest BCUT2D eigenvalue weighted by molar-refractivity contribution is 5.92. The Morgan fingerprint density at radius 3 is 2.45 bits per heavy atom. The molecule has 0 aromatic heterocycles. The average Bonchev–Trinajstić information content (AvgIpc) is 3.15. The van der Waals surface area contributed by atoms with Gasteiger partial charge in [-0.15, -0.1) is 0 Å². The number of aliphatic hydroxyl groups excluding tert-OH is 1. The molecule has 40 heavy (non-hydrogen) atoms. The monoisotopic (exact) mass is 561 g/mol. The molecule has 10 nitrogen and oxygen atoms in total. The molecule has 0 bridgehead atoms. The van der Waals surface area contributed by atoms with E-state index in [9.17, 15) is 39.3 Å². The van der Waals surface area contributed by atoms with E-state index in [0.29, 0.717) is 19.3 Å². The van der Waals surface area contributed by atoms with Crippen LogP contribution in [0.3, 0.4) is 0 Å². The fourth-order valence-corrected chi connectivity index (χ4v) is 8.46. The first kappa shape index (κ1) is 30.4. The number of ether oxygens (including phenoxy) is 1. The molecule has 3 saturated carbocycles. The highest BCUT2D eigenvalue weighted by Gasteiger charge is 2.68. The number of esters is 1. The van der Waals surface area contributed by atoms with Crippen molar-refractivity contribution in [2.45, 2.75) is 103 Å². The van der Waals surface area contributed by atoms with Crippen molar-refractivity contribution in [3.63, 3.8) is 0 Å². The number of carbonyl (C=O) groups excluding carboxylic acids is 4. The number of carboxylic acid groups (broad SMARTS) is 1. The van der Waals surface area contributed by atoms with E-state index in [-0.39, 0.29) is 60.6 Å². The van der Waals surface area contributed by atoms with Gasteiger partial charge in [0, 0.05) is 18.3 Å². The third-order valence-electron chi connectivity index (χ3n) is 10.7. The van der Waals surface area contributed by atoms with Crippen LogP contribution in [0, 0.1) is 34.5 Å². The van der Waals surface area contributed by atoms with Gasteiger partial charge in [-0.05, 0) is 73.7 Å². The molecule has 0 saturated heterocycles. The van der Waals surface area contributed by atoms with Gasteiger partial charge in [-0.25, -0.2) is 4.79 Å². The Bertz CT molecular complexity index is 1110. The molecule has 3 fully saturated rings. The van der Waals surface area contributed by atoms with Gasteiger partial charge in [0.2, 0.25) is 11.7 Å². The number of aliphatic hydroxyl groups is 2. The number of fused-ring (bicyclic) bond motifs is 5. The number of nitrogens with one attached hydrogen (secondary N) is 1. The van der Waals surface area contributed by atoms with Crippen LogP contribution in [0.2, 0.25) is 0 Å². The summed E-state index contributed by atoms with van der Waals surface area (Å²) in [6, 6.07) is -1.07. The van der Waals surface area contributed by atoms with E-state index in [4.69, 9.17) is 4.74 Å². The largest absolute Gasteiger partial charge is 0.480 e. The first-order valence-corrected chi connectivity index (χ1v) is 14.5. The Kier molecular flexibility index (Phi) is 8.36. The first-order valence-electron chi connectivity index (χ1n) is 14.5. The van der Waals surface area contributed by atoms with Crippen LogP contribution in [-0.4, -0.2) is 69.1 Å². The first-order chi connectivity index (χ1) is 18.6. The second-order valence-corrected chi connectivity index (χ2v) is 13.2. The molecule has 0 spiro atoms. The van der Waals surface area contributed by atoms with E-state index >= 15 is 0 Å². The average molecular weight is 562 g/mol. The highest BCUT2D eigenvalue weighted by atomic mass is 16.5. The third-order valence-corrected chi connectivity index (χ3v) is 10.7. The van der Waals surface area contributed by atoms with Gasteiger partial charge in [0.15, 0.2) is 12.4 Å². The fourth-order valence-electron chi connectivity index (χ4n) is 8.46. The summed E-state index contributed by atoms with van der Waals surface area (Å²) in [5.41, 5.74) is -1.81. The summed E-state index contributed by atoms with van der Waals surface area (Å²) in [6.07, 6.45) is 4.20. The SMILES string of the molecule is CC(C)[C@@H](NC(=O)CCC(=O)OCC(=O)[C@@]1(O)CC[C@H]2[C@@H]3CCC4=CC(=O)CC[C@]4(C)[C@H]3[C@@H](O)C[C@@]21C)C(=O)O. The molecule has 4 rings (SSSR count). The van der Waals surface area contributed by atoms with Crippen molar-refractivity contribution < 1.29 is 44.0 Å². The molecule has 0 heterocycles. The van der Waals surface area contributed by atoms with Crippen molar-refractivity contribution in [3.8, 4) is 0 Å². The minimum Gasteiger partial charge on any atom is -0.480 e. The fraction of sp³-hybridized carbons (Fsp3) is 0.767. The molecule has 0 aliphatic heterocycles. The number of hydrogen-bond acceptors (Lipinski definition) is 8. The van der Waals surface area contributed by atoms with Gasteiger partial charge >= 0.3 is 11.9 Å². The number of ketones is 2. The molecule has 4 aliphatic rings. The van der Waals surface area contributed by atoms with Gasteiger partial charge < -0.3 is 25.4 Å². The molecule has 10 heteroatoms. The Morgan fingerprint density at radius 2 is 1.80 bits per heavy atom. The molecule has 222 valence electrons. The van der Waals surface area contributed by atoms with Gasteiger partial charge in [0.25, 0.3) is 0 Å². The maximum absolute atomic E-state index is 13.4. The van der Waals surface area contributed by atoms with Crippen molar-refractivity contribution in [3.05, 3.63) is 11.6 Å². The molecule has 0 radical (unpaired) electrons. The van der Waals surface area contributed by atoms with E-state index in [1.165, 1.54) is 0 Å². The summed E-state index contributed by atoms with van der Waals surface area (Å²) < 4.78 is 5.14. The number of Topliss-reactive ketones (excluding diaryl/α,β-unsaturated/α-hetero) is 1. The van der Waals surface area contributed by atoms with Gasteiger partial charge in [0.05, 0.1) is 12.5 Å². The number of hydrogen-bond donors (Lipinski definition) is 4. The standard InChI is InChI=1S/C30H43NO9/c1-16(2)26(27(37)38)31-23(35)7-8-24(36)40-15-22(34)30(39)12-10-20-19-6-5-17-13-18(32)9-11-28(17,3)25(19)21(33)14-29(20,30)4/h13,16,19-21,25-26,33,39H,5-12,14-15H2,1-4H3,(H,31,35)(H,37,38)/t19-,20-,21-,25+,26+,28-,29-,30-/m0/s1. The van der Waals surface area contributed by atoms with Crippen molar-refractivity contribution in [2.24, 2.45) is 34.5 Å². The number of amides is 1. The molecule has 4 aliphatic carbocycles. The van der Waals surface area contributed by atoms with Crippen LogP contribution in [0.25, 0.3) is 0 Å². The molecular weight excluding hydrogens is 518 g/mol. The van der Waals surface area contributed by atoms with Crippen molar-refractivity contribution >= 4 is 29.4 Å². The Balaban J connectivity index is 1.38. The molecule has 0 aromatic rings. The predicted octanol–water partition coefficient (Wildman–Crippen LogP) is 2.34. The Labute approximate surface area is 234 Å². The summed E-state index contributed by atoms with van der Waals surface area (Å²) in [5.74, 6) is -3.31. The maximum atomic E-state index is 13.4. The van der Waals surface area contributed by atoms with Gasteiger partial charge in [0.1, 0.15) is 11.6 Å². The lowest BCUT2D eigenvalue weighted by atomic mass is 9.45. The molecule has 0 unspecified atom stereocenters. The van der Waals surface area contributed by atoms with Crippen molar-refractivity contribution in [1.29, 1.82) is 0 Å². The summed E-state index contributed by atoms with van der Waals surface area (Å²) in [4.78, 5) is 61.1. The molecule has 1 amide bonds. The summed E-state index contributed by atoms with van der Waals surface area (Å²) in [6.45, 7) is 6.68. The minimum atomic E-state index is -1.76. The quantitative estimate of drug-likeness (QED) is 0.309. The van der Waals surface area contributed by atoms with Crippen molar-refractivity contribution in [1.82, 2.24) is 5.32 Å². The van der Waals surface area contributed by atoms with Crippen LogP contribution >= 0.6 is 0 Å². The highest BCUT2D eigenvalue weighted by Crippen LogP contribution is 2.67. The number of rotatable bonds is 9. The zero-order valence-corrected chi connectivity index (χ0v) is 23.9. The van der Waals surface area contributed by atoms with E-state index < -0.39 is 53.4 Å². The minimum absolute atomic E-state index is 0.00777. The zero-order valence-electron chi connectivity index (χ0n) is 23.9. The maximum Gasteiger partial charge on any atom is 0.326 e. The van der Waals surface area contributed by atoms with E-state index in [2.05, 4.69) is 12.2 Å². The lowest BCUT2D eigenvalue weighted by molar-refractivity contribution is -0.184. The number of carbonyl (C=O) groups is 5. The zero-order chi connectivity index (χ0) is 29.6. The van der Waals surface area contributed by atoms with Gasteiger partial charge in [-0.2, -0.15) is 0 Å². The topological polar surface area (TPSA) is 167 Å². The second kappa shape index (κ2) is 11.0. The third kappa shape index (κ3) is 5.13. The van der Waals surface area contributed by atoms with E-state index in [1.807, 2.05) is 6.92 Å². The lowest BCUT2D eigenvalue weighted by Crippen LogP contribution is -2.62. The van der Waals surface area contributed by atoms with Gasteiger partial charge in [-0.3, -0.25) is 19.2 Å². The van der Waals surface area contributed by atoms with Crippen LogP contribution < -0.4 is 5.32 Å². The Morgan fingerprint density at radius 1 is 1.10 bits per heavy atom. The molecular formula is C30H43NO9. The number of carboxylic acids is 1. The van der Waals surface area contributed by atoms with Crippen LogP contribution in [0.5, 0.6) is 0 Å². The summed E-state index contributed by atoms with van der Waals surface area (Å²) in [5, 5.41) is 34.8. The van der Waals surface area contributed by atoms with E-state index in [0.717, 1.165) is 18.4 Å². The van der Waals surface area contributed by atoms with Crippen LogP contribution in [0.1, 0.15) is 85.5 Å². The van der Waals surface area contributed by atoms with Crippen LogP contribution in [-0.2, 0) is 28.7 Å². The summed E-state index contributed by atoms with van der Waals surface area (Å²) >= 11 is 0. The number of allylic oxidation sites excluding steroid dienone is 1. The molecule has 4 N–H and O–H groups in total. The second-order valence-electron chi connectivity index (χ2n) is 13.2. The predicted molar refractivity (Wildman–Crippen MR) is 143 cm³/mol. The smallest absolute Gasteiger partial charge is 0.326 e. The van der Waals surface area contributed by atoms with Crippen LogP contribution in [0.4, 0.5) is 0 Å². The molecule has 8 atom stereocenters. The van der Waals surface area contributed by atoms with E-state index in [1.54, 1.807) is 19.9 Å². The van der Waals surface area contributed by atoms with Gasteiger partial charge in [-0.1, -0.05) is 33.3 Å². The number of aliphatic carboxylic acids is 1.